The van der Waals surface area contributed by atoms with Gasteiger partial charge in [-0.2, -0.15) is 0 Å². The molecule has 0 bridgehead atoms. The van der Waals surface area contributed by atoms with Crippen molar-refractivity contribution in [2.75, 3.05) is 0 Å². The van der Waals surface area contributed by atoms with E-state index in [4.69, 9.17) is 9.47 Å². The van der Waals surface area contributed by atoms with Gasteiger partial charge in [0, 0.05) is 21.5 Å². The second-order valence-electron chi connectivity index (χ2n) is 8.16. The van der Waals surface area contributed by atoms with Crippen molar-refractivity contribution in [3.63, 3.8) is 0 Å². The van der Waals surface area contributed by atoms with Crippen LogP contribution in [0.2, 0.25) is 0 Å². The predicted molar refractivity (Wildman–Crippen MR) is 134 cm³/mol. The van der Waals surface area contributed by atoms with Gasteiger partial charge in [-0.15, -0.1) is 0 Å². The number of carbonyl (C=O) groups excluding carboxylic acids is 2. The van der Waals surface area contributed by atoms with Gasteiger partial charge in [-0.3, -0.25) is 0 Å². The van der Waals surface area contributed by atoms with Crippen LogP contribution < -0.4 is 9.47 Å². The van der Waals surface area contributed by atoms with Crippen molar-refractivity contribution in [1.29, 1.82) is 0 Å². The molecule has 166 valence electrons. The SMILES string of the molecule is Cc1ccccc1C(=O)Oc1c2ccccc2c(OC(=O)c2ccccc2C)c2ccccc12. The summed E-state index contributed by atoms with van der Waals surface area (Å²) >= 11 is 0. The third kappa shape index (κ3) is 3.80. The van der Waals surface area contributed by atoms with E-state index in [9.17, 15) is 9.59 Å². The van der Waals surface area contributed by atoms with Crippen LogP contribution in [0.3, 0.4) is 0 Å². The molecule has 0 unspecified atom stereocenters. The average Bonchev–Trinajstić information content (AvgIpc) is 2.86. The highest BCUT2D eigenvalue weighted by Crippen LogP contribution is 2.43. The lowest BCUT2D eigenvalue weighted by Crippen LogP contribution is -2.12. The van der Waals surface area contributed by atoms with Crippen LogP contribution in [0.1, 0.15) is 31.8 Å². The van der Waals surface area contributed by atoms with Gasteiger partial charge in [-0.25, -0.2) is 9.59 Å². The lowest BCUT2D eigenvalue weighted by Gasteiger charge is -2.17. The summed E-state index contributed by atoms with van der Waals surface area (Å²) in [7, 11) is 0. The van der Waals surface area contributed by atoms with E-state index in [1.807, 2.05) is 98.8 Å². The number of fused-ring (bicyclic) bond motifs is 2. The number of hydrogen-bond donors (Lipinski definition) is 0. The van der Waals surface area contributed by atoms with Gasteiger partial charge in [0.1, 0.15) is 11.5 Å². The molecule has 0 amide bonds. The van der Waals surface area contributed by atoms with E-state index in [2.05, 4.69) is 0 Å². The lowest BCUT2D eigenvalue weighted by atomic mass is 10.00. The van der Waals surface area contributed by atoms with Crippen LogP contribution >= 0.6 is 0 Å². The molecule has 5 aromatic rings. The second kappa shape index (κ2) is 8.83. The second-order valence-corrected chi connectivity index (χ2v) is 8.16. The zero-order valence-electron chi connectivity index (χ0n) is 18.9. The third-order valence-corrected chi connectivity index (χ3v) is 5.95. The molecule has 0 saturated heterocycles. The molecule has 0 aliphatic carbocycles. The highest BCUT2D eigenvalue weighted by atomic mass is 16.5. The van der Waals surface area contributed by atoms with Crippen molar-refractivity contribution < 1.29 is 19.1 Å². The van der Waals surface area contributed by atoms with Gasteiger partial charge in [-0.1, -0.05) is 84.9 Å². The molecule has 0 aliphatic heterocycles. The number of carbonyl (C=O) groups is 2. The molecule has 0 spiro atoms. The van der Waals surface area contributed by atoms with Crippen LogP contribution in [-0.2, 0) is 0 Å². The molecule has 0 radical (unpaired) electrons. The predicted octanol–water partition coefficient (Wildman–Crippen LogP) is 7.05. The molecule has 0 saturated carbocycles. The van der Waals surface area contributed by atoms with Gasteiger partial charge in [0.05, 0.1) is 11.1 Å². The standard InChI is InChI=1S/C30H22O4/c1-19-11-3-5-13-21(19)29(31)33-27-23-15-7-9-17-25(23)28(26-18-10-8-16-24(26)27)34-30(32)22-14-6-4-12-20(22)2/h3-18H,1-2H3. The topological polar surface area (TPSA) is 52.6 Å². The summed E-state index contributed by atoms with van der Waals surface area (Å²) in [5.41, 5.74) is 2.69. The Hall–Kier alpha value is -4.44. The van der Waals surface area contributed by atoms with Crippen molar-refractivity contribution in [2.45, 2.75) is 13.8 Å². The molecule has 5 rings (SSSR count). The van der Waals surface area contributed by atoms with Crippen LogP contribution in [0.4, 0.5) is 0 Å². The molecule has 34 heavy (non-hydrogen) atoms. The molecular weight excluding hydrogens is 424 g/mol. The largest absolute Gasteiger partial charge is 0.422 e. The Labute approximate surface area is 197 Å². The fraction of sp³-hybridized carbons (Fsp3) is 0.0667. The number of aryl methyl sites for hydroxylation is 2. The zero-order valence-corrected chi connectivity index (χ0v) is 18.9. The fourth-order valence-electron chi connectivity index (χ4n) is 4.17. The van der Waals surface area contributed by atoms with E-state index >= 15 is 0 Å². The van der Waals surface area contributed by atoms with Gasteiger partial charge >= 0.3 is 11.9 Å². The lowest BCUT2D eigenvalue weighted by molar-refractivity contribution is 0.0725. The first-order valence-corrected chi connectivity index (χ1v) is 11.0. The molecule has 0 aliphatic rings. The smallest absolute Gasteiger partial charge is 0.343 e. The Kier molecular flexibility index (Phi) is 5.56. The minimum atomic E-state index is -0.432. The Bertz CT molecular complexity index is 1390. The minimum Gasteiger partial charge on any atom is -0.422 e. The maximum atomic E-state index is 13.1. The van der Waals surface area contributed by atoms with Gasteiger partial charge < -0.3 is 9.47 Å². The molecule has 0 fully saturated rings. The molecule has 4 nitrogen and oxygen atoms in total. The molecule has 5 aromatic carbocycles. The van der Waals surface area contributed by atoms with E-state index in [1.165, 1.54) is 0 Å². The van der Waals surface area contributed by atoms with E-state index in [-0.39, 0.29) is 0 Å². The molecular formula is C30H22O4. The van der Waals surface area contributed by atoms with Gasteiger partial charge in [0.2, 0.25) is 0 Å². The van der Waals surface area contributed by atoms with E-state index in [0.29, 0.717) is 44.2 Å². The van der Waals surface area contributed by atoms with Crippen molar-refractivity contribution in [3.05, 3.63) is 119 Å². The van der Waals surface area contributed by atoms with Crippen molar-refractivity contribution in [3.8, 4) is 11.5 Å². The monoisotopic (exact) mass is 446 g/mol. The first-order valence-electron chi connectivity index (χ1n) is 11.0. The van der Waals surface area contributed by atoms with Crippen LogP contribution in [0.5, 0.6) is 11.5 Å². The number of rotatable bonds is 4. The van der Waals surface area contributed by atoms with Crippen molar-refractivity contribution >= 4 is 33.5 Å². The Morgan fingerprint density at radius 1 is 0.471 bits per heavy atom. The Morgan fingerprint density at radius 2 is 0.765 bits per heavy atom. The first-order chi connectivity index (χ1) is 16.5. The normalized spacial score (nSPS) is 10.9. The summed E-state index contributed by atoms with van der Waals surface area (Å²) in [4.78, 5) is 26.2. The van der Waals surface area contributed by atoms with Gasteiger partial charge in [-0.05, 0) is 37.1 Å². The summed E-state index contributed by atoms with van der Waals surface area (Å²) in [5.74, 6) is 0.0152. The van der Waals surface area contributed by atoms with Crippen molar-refractivity contribution in [1.82, 2.24) is 0 Å². The molecule has 0 aromatic heterocycles. The number of ether oxygens (including phenoxy) is 2. The van der Waals surface area contributed by atoms with Crippen LogP contribution in [-0.4, -0.2) is 11.9 Å². The Morgan fingerprint density at radius 3 is 1.09 bits per heavy atom. The summed E-state index contributed by atoms with van der Waals surface area (Å²) in [6.07, 6.45) is 0. The maximum absolute atomic E-state index is 13.1. The number of hydrogen-bond acceptors (Lipinski definition) is 4. The van der Waals surface area contributed by atoms with Crippen LogP contribution in [0, 0.1) is 13.8 Å². The zero-order chi connectivity index (χ0) is 23.7. The van der Waals surface area contributed by atoms with Crippen molar-refractivity contribution in [2.24, 2.45) is 0 Å². The molecule has 4 heteroatoms. The summed E-state index contributed by atoms with van der Waals surface area (Å²) < 4.78 is 12.0. The van der Waals surface area contributed by atoms with Crippen LogP contribution in [0.15, 0.2) is 97.1 Å². The number of benzene rings is 5. The molecule has 0 N–H and O–H groups in total. The third-order valence-electron chi connectivity index (χ3n) is 5.95. The highest BCUT2D eigenvalue weighted by Gasteiger charge is 2.22. The average molecular weight is 447 g/mol. The quantitative estimate of drug-likeness (QED) is 0.169. The van der Waals surface area contributed by atoms with E-state index < -0.39 is 11.9 Å². The maximum Gasteiger partial charge on any atom is 0.343 e. The molecule has 0 atom stereocenters. The number of esters is 2. The summed E-state index contributed by atoms with van der Waals surface area (Å²) in [5, 5.41) is 2.76. The van der Waals surface area contributed by atoms with E-state index in [0.717, 1.165) is 11.1 Å². The fourth-order valence-corrected chi connectivity index (χ4v) is 4.17. The summed E-state index contributed by atoms with van der Waals surface area (Å²) in [6, 6.07) is 29.6. The minimum absolute atomic E-state index is 0.432. The van der Waals surface area contributed by atoms with Gasteiger partial charge in [0.15, 0.2) is 0 Å². The van der Waals surface area contributed by atoms with Gasteiger partial charge in [0.25, 0.3) is 0 Å². The first kappa shape index (κ1) is 21.4. The van der Waals surface area contributed by atoms with Crippen LogP contribution in [0.25, 0.3) is 21.5 Å². The summed E-state index contributed by atoms with van der Waals surface area (Å²) in [6.45, 7) is 3.75. The van der Waals surface area contributed by atoms with E-state index in [1.54, 1.807) is 12.1 Å². The Balaban J connectivity index is 1.67. The molecule has 0 heterocycles. The highest BCUT2D eigenvalue weighted by molar-refractivity contribution is 6.14.